The number of phenolic OH excluding ortho intramolecular Hbond substituents is 1. The number of fused-ring (bicyclic) bond motifs is 1. The largest absolute Gasteiger partial charge is 0.506 e. The molecule has 0 aliphatic heterocycles. The topological polar surface area (TPSA) is 75.3 Å². The zero-order chi connectivity index (χ0) is 13.8. The molecule has 4 heteroatoms. The second-order valence-corrected chi connectivity index (χ2v) is 4.63. The van der Waals surface area contributed by atoms with Crippen LogP contribution in [0.2, 0.25) is 0 Å². The Morgan fingerprint density at radius 2 is 2.05 bits per heavy atom. The highest BCUT2D eigenvalue weighted by atomic mass is 16.3. The summed E-state index contributed by atoms with van der Waals surface area (Å²) in [4.78, 5) is 12.1. The van der Waals surface area contributed by atoms with E-state index >= 15 is 0 Å². The number of nitrogens with one attached hydrogen (secondary N) is 1. The Hall–Kier alpha value is -2.07. The molecule has 0 aliphatic rings. The number of carbonyl (C=O) groups is 1. The van der Waals surface area contributed by atoms with Crippen molar-refractivity contribution in [3.8, 4) is 5.75 Å². The second kappa shape index (κ2) is 5.71. The van der Waals surface area contributed by atoms with Crippen LogP contribution in [0, 0.1) is 0 Å². The van der Waals surface area contributed by atoms with Gasteiger partial charge in [-0.05, 0) is 31.3 Å². The molecule has 0 saturated carbocycles. The molecule has 0 spiro atoms. The van der Waals surface area contributed by atoms with Gasteiger partial charge in [-0.25, -0.2) is 0 Å². The number of nitrogens with two attached hydrogens (primary N) is 1. The number of amides is 1. The van der Waals surface area contributed by atoms with Gasteiger partial charge in [0.15, 0.2) is 0 Å². The Morgan fingerprint density at radius 3 is 2.79 bits per heavy atom. The molecule has 100 valence electrons. The van der Waals surface area contributed by atoms with Crippen LogP contribution in [0.4, 0.5) is 0 Å². The summed E-state index contributed by atoms with van der Waals surface area (Å²) in [6.45, 7) is 2.41. The summed E-state index contributed by atoms with van der Waals surface area (Å²) in [6, 6.07) is 10.9. The lowest BCUT2D eigenvalue weighted by atomic mass is 10.0. The van der Waals surface area contributed by atoms with Gasteiger partial charge in [0.1, 0.15) is 5.75 Å². The minimum Gasteiger partial charge on any atom is -0.506 e. The number of phenols is 1. The minimum atomic E-state index is -0.274. The quantitative estimate of drug-likeness (QED) is 0.785. The highest BCUT2D eigenvalue weighted by Crippen LogP contribution is 2.28. The molecule has 2 rings (SSSR count). The molecule has 0 bridgehead atoms. The molecule has 1 amide bonds. The zero-order valence-electron chi connectivity index (χ0n) is 10.9. The Labute approximate surface area is 112 Å². The summed E-state index contributed by atoms with van der Waals surface area (Å²) < 4.78 is 0. The van der Waals surface area contributed by atoms with Crippen molar-refractivity contribution < 1.29 is 9.90 Å². The molecular weight excluding hydrogens is 240 g/mol. The SMILES string of the molecule is CC(CCN)NC(=O)c1ccc2ccccc2c1O. The van der Waals surface area contributed by atoms with Crippen molar-refractivity contribution in [3.05, 3.63) is 42.0 Å². The van der Waals surface area contributed by atoms with Crippen LogP contribution in [0.5, 0.6) is 5.75 Å². The van der Waals surface area contributed by atoms with Gasteiger partial charge in [0, 0.05) is 11.4 Å². The summed E-state index contributed by atoms with van der Waals surface area (Å²) in [6.07, 6.45) is 0.708. The summed E-state index contributed by atoms with van der Waals surface area (Å²) in [5.74, 6) is -0.250. The lowest BCUT2D eigenvalue weighted by molar-refractivity contribution is 0.0936. The van der Waals surface area contributed by atoms with Crippen LogP contribution in [0.1, 0.15) is 23.7 Å². The fraction of sp³-hybridized carbons (Fsp3) is 0.267. The number of rotatable bonds is 4. The fourth-order valence-electron chi connectivity index (χ4n) is 2.06. The summed E-state index contributed by atoms with van der Waals surface area (Å²) in [7, 11) is 0. The van der Waals surface area contributed by atoms with Crippen LogP contribution in [0.25, 0.3) is 10.8 Å². The number of hydrogen-bond acceptors (Lipinski definition) is 3. The lowest BCUT2D eigenvalue weighted by Gasteiger charge is -2.14. The van der Waals surface area contributed by atoms with E-state index in [9.17, 15) is 9.90 Å². The van der Waals surface area contributed by atoms with E-state index in [4.69, 9.17) is 5.73 Å². The molecule has 2 aromatic carbocycles. The molecule has 1 unspecified atom stereocenters. The smallest absolute Gasteiger partial charge is 0.255 e. The van der Waals surface area contributed by atoms with Gasteiger partial charge in [-0.15, -0.1) is 0 Å². The Morgan fingerprint density at radius 1 is 1.32 bits per heavy atom. The highest BCUT2D eigenvalue weighted by Gasteiger charge is 2.15. The van der Waals surface area contributed by atoms with E-state index in [0.29, 0.717) is 23.9 Å². The third-order valence-electron chi connectivity index (χ3n) is 3.12. The number of benzene rings is 2. The van der Waals surface area contributed by atoms with Crippen molar-refractivity contribution in [2.45, 2.75) is 19.4 Å². The second-order valence-electron chi connectivity index (χ2n) is 4.63. The molecule has 4 nitrogen and oxygen atoms in total. The third kappa shape index (κ3) is 2.85. The Balaban J connectivity index is 2.30. The zero-order valence-corrected chi connectivity index (χ0v) is 10.9. The summed E-state index contributed by atoms with van der Waals surface area (Å²) in [5, 5.41) is 14.6. The minimum absolute atomic E-state index is 0.0108. The van der Waals surface area contributed by atoms with E-state index in [2.05, 4.69) is 5.32 Å². The first-order valence-electron chi connectivity index (χ1n) is 6.35. The van der Waals surface area contributed by atoms with Gasteiger partial charge in [0.25, 0.3) is 5.91 Å². The van der Waals surface area contributed by atoms with Crippen molar-refractivity contribution in [2.24, 2.45) is 5.73 Å². The first-order chi connectivity index (χ1) is 9.13. The predicted octanol–water partition coefficient (Wildman–Crippen LogP) is 2.01. The van der Waals surface area contributed by atoms with E-state index in [1.165, 1.54) is 0 Å². The van der Waals surface area contributed by atoms with E-state index in [-0.39, 0.29) is 17.7 Å². The van der Waals surface area contributed by atoms with E-state index < -0.39 is 0 Å². The maximum Gasteiger partial charge on any atom is 0.255 e. The van der Waals surface area contributed by atoms with Crippen LogP contribution in [0.15, 0.2) is 36.4 Å². The summed E-state index contributed by atoms with van der Waals surface area (Å²) >= 11 is 0. The molecule has 2 aromatic rings. The maximum atomic E-state index is 12.1. The monoisotopic (exact) mass is 258 g/mol. The normalized spacial score (nSPS) is 12.3. The van der Waals surface area contributed by atoms with Gasteiger partial charge < -0.3 is 16.2 Å². The lowest BCUT2D eigenvalue weighted by Crippen LogP contribution is -2.34. The van der Waals surface area contributed by atoms with Crippen LogP contribution in [-0.2, 0) is 0 Å². The van der Waals surface area contributed by atoms with E-state index in [1.54, 1.807) is 12.1 Å². The molecule has 4 N–H and O–H groups in total. The molecule has 0 saturated heterocycles. The van der Waals surface area contributed by atoms with Gasteiger partial charge in [0.05, 0.1) is 5.56 Å². The van der Waals surface area contributed by atoms with Crippen molar-refractivity contribution in [1.82, 2.24) is 5.32 Å². The van der Waals surface area contributed by atoms with Gasteiger partial charge in [-0.3, -0.25) is 4.79 Å². The summed E-state index contributed by atoms with van der Waals surface area (Å²) in [5.41, 5.74) is 5.74. The van der Waals surface area contributed by atoms with Crippen LogP contribution in [0.3, 0.4) is 0 Å². The third-order valence-corrected chi connectivity index (χ3v) is 3.12. The average Bonchev–Trinajstić information content (AvgIpc) is 2.39. The highest BCUT2D eigenvalue weighted by molar-refractivity contribution is 6.03. The molecule has 0 fully saturated rings. The first-order valence-corrected chi connectivity index (χ1v) is 6.35. The molecule has 1 atom stereocenters. The van der Waals surface area contributed by atoms with Crippen LogP contribution >= 0.6 is 0 Å². The molecule has 0 heterocycles. The van der Waals surface area contributed by atoms with Gasteiger partial charge >= 0.3 is 0 Å². The Kier molecular flexibility index (Phi) is 4.02. The number of aromatic hydroxyl groups is 1. The number of carbonyl (C=O) groups excluding carboxylic acids is 1. The van der Waals surface area contributed by atoms with Gasteiger partial charge in [0.2, 0.25) is 0 Å². The first kappa shape index (κ1) is 13.4. The molecule has 0 aliphatic carbocycles. The molecule has 0 aromatic heterocycles. The van der Waals surface area contributed by atoms with Crippen molar-refractivity contribution in [2.75, 3.05) is 6.54 Å². The van der Waals surface area contributed by atoms with Crippen LogP contribution in [-0.4, -0.2) is 23.6 Å². The standard InChI is InChI=1S/C15H18N2O2/c1-10(8-9-16)17-15(19)13-7-6-11-4-2-3-5-12(11)14(13)18/h2-7,10,18H,8-9,16H2,1H3,(H,17,19). The van der Waals surface area contributed by atoms with Crippen molar-refractivity contribution in [3.63, 3.8) is 0 Å². The molecular formula is C15H18N2O2. The average molecular weight is 258 g/mol. The van der Waals surface area contributed by atoms with Crippen molar-refractivity contribution in [1.29, 1.82) is 0 Å². The number of hydrogen-bond donors (Lipinski definition) is 3. The van der Waals surface area contributed by atoms with Crippen LogP contribution < -0.4 is 11.1 Å². The molecule has 0 radical (unpaired) electrons. The Bertz CT molecular complexity index is 596. The fourth-order valence-corrected chi connectivity index (χ4v) is 2.06. The maximum absolute atomic E-state index is 12.1. The van der Waals surface area contributed by atoms with Gasteiger partial charge in [-0.2, -0.15) is 0 Å². The predicted molar refractivity (Wildman–Crippen MR) is 76.2 cm³/mol. The van der Waals surface area contributed by atoms with E-state index in [1.807, 2.05) is 31.2 Å². The van der Waals surface area contributed by atoms with Gasteiger partial charge in [-0.1, -0.05) is 30.3 Å². The van der Waals surface area contributed by atoms with Crippen molar-refractivity contribution >= 4 is 16.7 Å². The van der Waals surface area contributed by atoms with E-state index in [0.717, 1.165) is 5.39 Å². The molecule has 19 heavy (non-hydrogen) atoms.